The Labute approximate surface area is 81.4 Å². The maximum absolute atomic E-state index is 9.37. The third-order valence-electron chi connectivity index (χ3n) is 2.88. The molecular weight excluding hydrogens is 176 g/mol. The maximum Gasteiger partial charge on any atom is 0.112 e. The lowest BCUT2D eigenvalue weighted by Crippen LogP contribution is -2.47. The highest BCUT2D eigenvalue weighted by Crippen LogP contribution is 2.09. The molecule has 0 heterocycles. The fourth-order valence-electron chi connectivity index (χ4n) is 1.36. The number of aryl methyl sites for hydroxylation is 1. The van der Waals surface area contributed by atoms with Crippen LogP contribution in [0.15, 0.2) is 24.3 Å². The van der Waals surface area contributed by atoms with Crippen LogP contribution in [0.4, 0.5) is 0 Å². The quantitative estimate of drug-likeness (QED) is 0.728. The van der Waals surface area contributed by atoms with Gasteiger partial charge < -0.3 is 5.11 Å². The zero-order chi connectivity index (χ0) is 9.90. The molecule has 0 radical (unpaired) electrons. The molecule has 1 rings (SSSR count). The number of hydrogen-bond donors (Lipinski definition) is 1. The van der Waals surface area contributed by atoms with E-state index in [1.807, 2.05) is 0 Å². The lowest BCUT2D eigenvalue weighted by atomic mass is 10.2. The van der Waals surface area contributed by atoms with Crippen molar-refractivity contribution in [2.45, 2.75) is 26.4 Å². The van der Waals surface area contributed by atoms with E-state index in [2.05, 4.69) is 44.7 Å². The summed E-state index contributed by atoms with van der Waals surface area (Å²) in [6, 6.07) is 9.70. The third-order valence-corrected chi connectivity index (χ3v) is 6.86. The van der Waals surface area contributed by atoms with Gasteiger partial charge in [-0.1, -0.05) is 54.5 Å². The van der Waals surface area contributed by atoms with E-state index in [0.717, 1.165) is 6.04 Å². The predicted octanol–water partition coefficient (Wildman–Crippen LogP) is 1.83. The van der Waals surface area contributed by atoms with E-state index in [-0.39, 0.29) is 0 Å². The van der Waals surface area contributed by atoms with Crippen LogP contribution in [0.1, 0.15) is 12.5 Å². The van der Waals surface area contributed by atoms with Crippen LogP contribution >= 0.6 is 0 Å². The standard InChI is InChI=1S/C11H18OSi/c1-4-13(3,9-12)11-7-5-10(2)6-8-11/h5-8,12H,4,9H2,1-3H3. The second kappa shape index (κ2) is 4.07. The van der Waals surface area contributed by atoms with Crippen LogP contribution in [0.25, 0.3) is 0 Å². The summed E-state index contributed by atoms with van der Waals surface area (Å²) in [5.74, 6) is 0. The SMILES string of the molecule is CC[Si](C)(CO)c1ccc(C)cc1. The summed E-state index contributed by atoms with van der Waals surface area (Å²) in [5, 5.41) is 10.7. The van der Waals surface area contributed by atoms with Gasteiger partial charge in [0.05, 0.1) is 0 Å². The molecule has 0 aliphatic heterocycles. The molecule has 1 nitrogen and oxygen atoms in total. The highest BCUT2D eigenvalue weighted by atomic mass is 28.3. The van der Waals surface area contributed by atoms with Gasteiger partial charge in [0.1, 0.15) is 8.07 Å². The van der Waals surface area contributed by atoms with Crippen molar-refractivity contribution in [3.8, 4) is 0 Å². The molecule has 13 heavy (non-hydrogen) atoms. The predicted molar refractivity (Wildman–Crippen MR) is 60.0 cm³/mol. The van der Waals surface area contributed by atoms with Crippen molar-refractivity contribution in [1.82, 2.24) is 0 Å². The monoisotopic (exact) mass is 194 g/mol. The zero-order valence-electron chi connectivity index (χ0n) is 8.67. The van der Waals surface area contributed by atoms with Crippen LogP contribution in [0, 0.1) is 6.92 Å². The molecule has 1 unspecified atom stereocenters. The van der Waals surface area contributed by atoms with E-state index in [9.17, 15) is 5.11 Å². The highest BCUT2D eigenvalue weighted by molar-refractivity contribution is 6.90. The molecule has 1 atom stereocenters. The van der Waals surface area contributed by atoms with Crippen LogP contribution in [0.2, 0.25) is 12.6 Å². The first kappa shape index (κ1) is 10.5. The molecule has 0 saturated carbocycles. The van der Waals surface area contributed by atoms with E-state index in [0.29, 0.717) is 6.23 Å². The van der Waals surface area contributed by atoms with Gasteiger partial charge >= 0.3 is 0 Å². The third kappa shape index (κ3) is 2.20. The molecule has 0 aliphatic rings. The highest BCUT2D eigenvalue weighted by Gasteiger charge is 2.25. The summed E-state index contributed by atoms with van der Waals surface area (Å²) in [4.78, 5) is 0. The summed E-state index contributed by atoms with van der Waals surface area (Å²) in [7, 11) is -1.54. The Balaban J connectivity index is 2.99. The molecule has 0 aromatic heterocycles. The van der Waals surface area contributed by atoms with Crippen molar-refractivity contribution >= 4 is 13.3 Å². The largest absolute Gasteiger partial charge is 0.399 e. The van der Waals surface area contributed by atoms with E-state index in [1.165, 1.54) is 10.8 Å². The van der Waals surface area contributed by atoms with Gasteiger partial charge in [0.15, 0.2) is 0 Å². The van der Waals surface area contributed by atoms with Crippen LogP contribution < -0.4 is 5.19 Å². The Hall–Kier alpha value is -0.603. The molecule has 1 N–H and O–H groups in total. The van der Waals surface area contributed by atoms with Crippen molar-refractivity contribution in [2.24, 2.45) is 0 Å². The molecule has 0 amide bonds. The van der Waals surface area contributed by atoms with Gasteiger partial charge in [0.25, 0.3) is 0 Å². The first-order chi connectivity index (χ1) is 6.12. The molecular formula is C11H18OSi. The zero-order valence-corrected chi connectivity index (χ0v) is 9.67. The van der Waals surface area contributed by atoms with Crippen LogP contribution in [0.5, 0.6) is 0 Å². The average Bonchev–Trinajstić information content (AvgIpc) is 2.18. The molecule has 0 spiro atoms. The molecule has 0 saturated heterocycles. The van der Waals surface area contributed by atoms with E-state index >= 15 is 0 Å². The summed E-state index contributed by atoms with van der Waals surface area (Å²) in [6.07, 6.45) is 0.354. The Kier molecular flexibility index (Phi) is 3.28. The second-order valence-electron chi connectivity index (χ2n) is 3.94. The minimum atomic E-state index is -1.54. The number of aliphatic hydroxyl groups is 1. The number of aliphatic hydroxyl groups excluding tert-OH is 1. The van der Waals surface area contributed by atoms with E-state index in [1.54, 1.807) is 0 Å². The van der Waals surface area contributed by atoms with Gasteiger partial charge in [-0.05, 0) is 6.92 Å². The lowest BCUT2D eigenvalue weighted by molar-refractivity contribution is 0.359. The van der Waals surface area contributed by atoms with Crippen molar-refractivity contribution in [2.75, 3.05) is 6.23 Å². The fourth-order valence-corrected chi connectivity index (χ4v) is 3.15. The molecule has 1 aromatic rings. The fraction of sp³-hybridized carbons (Fsp3) is 0.455. The minimum Gasteiger partial charge on any atom is -0.399 e. The van der Waals surface area contributed by atoms with E-state index < -0.39 is 8.07 Å². The molecule has 1 aromatic carbocycles. The summed E-state index contributed by atoms with van der Waals surface area (Å²) >= 11 is 0. The van der Waals surface area contributed by atoms with Crippen molar-refractivity contribution in [3.05, 3.63) is 29.8 Å². The first-order valence-corrected chi connectivity index (χ1v) is 7.72. The number of benzene rings is 1. The van der Waals surface area contributed by atoms with Gasteiger partial charge in [-0.25, -0.2) is 0 Å². The van der Waals surface area contributed by atoms with Crippen molar-refractivity contribution in [1.29, 1.82) is 0 Å². The van der Waals surface area contributed by atoms with Gasteiger partial charge in [0, 0.05) is 6.23 Å². The van der Waals surface area contributed by atoms with Gasteiger partial charge in [-0.3, -0.25) is 0 Å². The molecule has 72 valence electrons. The van der Waals surface area contributed by atoms with Crippen LogP contribution in [-0.4, -0.2) is 19.4 Å². The van der Waals surface area contributed by atoms with Gasteiger partial charge in [-0.15, -0.1) is 0 Å². The molecule has 0 fully saturated rings. The Morgan fingerprint density at radius 3 is 2.15 bits per heavy atom. The maximum atomic E-state index is 9.37. The topological polar surface area (TPSA) is 20.2 Å². The average molecular weight is 194 g/mol. The van der Waals surface area contributed by atoms with Crippen LogP contribution in [0.3, 0.4) is 0 Å². The Morgan fingerprint density at radius 1 is 1.23 bits per heavy atom. The first-order valence-electron chi connectivity index (χ1n) is 4.80. The smallest absolute Gasteiger partial charge is 0.112 e. The molecule has 0 aliphatic carbocycles. The van der Waals surface area contributed by atoms with Crippen LogP contribution in [-0.2, 0) is 0 Å². The Morgan fingerprint density at radius 2 is 1.77 bits per heavy atom. The molecule has 0 bridgehead atoms. The molecule has 2 heteroatoms. The minimum absolute atomic E-state index is 0.354. The van der Waals surface area contributed by atoms with E-state index in [4.69, 9.17) is 0 Å². The lowest BCUT2D eigenvalue weighted by Gasteiger charge is -2.23. The van der Waals surface area contributed by atoms with Crippen molar-refractivity contribution in [3.63, 3.8) is 0 Å². The summed E-state index contributed by atoms with van der Waals surface area (Å²) in [6.45, 7) is 6.49. The second-order valence-corrected chi connectivity index (χ2v) is 8.66. The number of hydrogen-bond acceptors (Lipinski definition) is 1. The summed E-state index contributed by atoms with van der Waals surface area (Å²) in [5.41, 5.74) is 1.29. The number of rotatable bonds is 3. The van der Waals surface area contributed by atoms with Gasteiger partial charge in [-0.2, -0.15) is 0 Å². The Bertz CT molecular complexity index is 262. The summed E-state index contributed by atoms with van der Waals surface area (Å²) < 4.78 is 0. The normalized spacial score (nSPS) is 15.4. The van der Waals surface area contributed by atoms with Crippen molar-refractivity contribution < 1.29 is 5.11 Å². The van der Waals surface area contributed by atoms with Gasteiger partial charge in [0.2, 0.25) is 0 Å².